The normalized spacial score (nSPS) is 14.8. The molecule has 1 aliphatic rings. The summed E-state index contributed by atoms with van der Waals surface area (Å²) >= 11 is 6.94. The van der Waals surface area contributed by atoms with Crippen LogP contribution in [0.3, 0.4) is 0 Å². The van der Waals surface area contributed by atoms with Crippen LogP contribution in [0.4, 0.5) is 4.79 Å². The first kappa shape index (κ1) is 26.7. The summed E-state index contributed by atoms with van der Waals surface area (Å²) in [5.74, 6) is 0.252. The Kier molecular flexibility index (Phi) is 9.33. The Morgan fingerprint density at radius 2 is 1.60 bits per heavy atom. The molecule has 1 saturated heterocycles. The third-order valence-corrected chi connectivity index (χ3v) is 6.18. The molecule has 3 rings (SSSR count). The van der Waals surface area contributed by atoms with E-state index in [1.165, 1.54) is 13.2 Å². The number of benzene rings is 2. The second kappa shape index (κ2) is 12.2. The van der Waals surface area contributed by atoms with Crippen LogP contribution >= 0.6 is 31.9 Å². The van der Waals surface area contributed by atoms with E-state index in [2.05, 4.69) is 37.2 Å². The lowest BCUT2D eigenvalue weighted by atomic mass is 10.1. The lowest BCUT2D eigenvalue weighted by molar-refractivity contribution is -0.130. The Hall–Kier alpha value is -2.85. The molecule has 0 spiro atoms. The molecule has 1 heterocycles. The van der Waals surface area contributed by atoms with Crippen LogP contribution in [-0.4, -0.2) is 43.1 Å². The second-order valence-electron chi connectivity index (χ2n) is 7.70. The molecule has 0 radical (unpaired) electrons. The van der Waals surface area contributed by atoms with Crippen molar-refractivity contribution in [3.63, 3.8) is 0 Å². The number of methoxy groups -OCH3 is 1. The molecule has 1 fully saturated rings. The zero-order valence-electron chi connectivity index (χ0n) is 19.7. The number of carbonyl (C=O) groups excluding carboxylic acids is 3. The third-order valence-electron chi connectivity index (χ3n) is 5.00. The number of carbonyl (C=O) groups is 3. The van der Waals surface area contributed by atoms with Crippen LogP contribution in [-0.2, 0) is 16.1 Å². The van der Waals surface area contributed by atoms with Crippen LogP contribution in [0.25, 0.3) is 6.08 Å². The maximum absolute atomic E-state index is 13.2. The first-order chi connectivity index (χ1) is 16.8. The first-order valence-corrected chi connectivity index (χ1v) is 12.7. The van der Waals surface area contributed by atoms with Crippen molar-refractivity contribution < 1.29 is 28.6 Å². The molecule has 35 heavy (non-hydrogen) atoms. The third kappa shape index (κ3) is 6.43. The van der Waals surface area contributed by atoms with Crippen molar-refractivity contribution in [3.8, 4) is 17.2 Å². The van der Waals surface area contributed by atoms with E-state index in [9.17, 15) is 14.4 Å². The van der Waals surface area contributed by atoms with Gasteiger partial charge in [0.25, 0.3) is 11.8 Å². The SMILES string of the molecule is CCCOc1ccc(CN2C(=O)NC(=O)/C(=C\c3cc(Br)c(OCCC)c(Br)c3)C2=O)cc1OC. The topological polar surface area (TPSA) is 94.2 Å². The van der Waals surface area contributed by atoms with Gasteiger partial charge in [-0.05, 0) is 86.2 Å². The van der Waals surface area contributed by atoms with Gasteiger partial charge in [-0.25, -0.2) is 4.79 Å². The fraction of sp³-hybridized carbons (Fsp3) is 0.320. The largest absolute Gasteiger partial charge is 0.493 e. The number of nitrogens with one attached hydrogen (secondary N) is 1. The fourth-order valence-corrected chi connectivity index (χ4v) is 4.78. The van der Waals surface area contributed by atoms with Crippen molar-refractivity contribution in [1.82, 2.24) is 10.2 Å². The van der Waals surface area contributed by atoms with Crippen LogP contribution in [0.2, 0.25) is 0 Å². The van der Waals surface area contributed by atoms with Crippen molar-refractivity contribution in [2.24, 2.45) is 0 Å². The highest BCUT2D eigenvalue weighted by Crippen LogP contribution is 2.36. The van der Waals surface area contributed by atoms with Crippen LogP contribution in [0.5, 0.6) is 17.2 Å². The molecule has 0 aliphatic carbocycles. The highest BCUT2D eigenvalue weighted by molar-refractivity contribution is 9.11. The van der Waals surface area contributed by atoms with Gasteiger partial charge in [-0.1, -0.05) is 19.9 Å². The number of hydrogen-bond donors (Lipinski definition) is 1. The Balaban J connectivity index is 1.87. The molecule has 8 nitrogen and oxygen atoms in total. The average Bonchev–Trinajstić information content (AvgIpc) is 2.83. The lowest BCUT2D eigenvalue weighted by Gasteiger charge is -2.26. The zero-order chi connectivity index (χ0) is 25.5. The van der Waals surface area contributed by atoms with Gasteiger partial charge >= 0.3 is 6.03 Å². The maximum atomic E-state index is 13.2. The Morgan fingerprint density at radius 3 is 2.23 bits per heavy atom. The smallest absolute Gasteiger partial charge is 0.331 e. The molecular formula is C25H26Br2N2O6. The van der Waals surface area contributed by atoms with Gasteiger partial charge in [0.2, 0.25) is 0 Å². The summed E-state index contributed by atoms with van der Waals surface area (Å²) in [6, 6.07) is 7.88. The molecule has 186 valence electrons. The van der Waals surface area contributed by atoms with Gasteiger partial charge in [0, 0.05) is 0 Å². The van der Waals surface area contributed by atoms with Crippen molar-refractivity contribution in [3.05, 3.63) is 56.0 Å². The van der Waals surface area contributed by atoms with Gasteiger partial charge in [0.05, 0.1) is 35.8 Å². The number of urea groups is 1. The molecular weight excluding hydrogens is 584 g/mol. The quantitative estimate of drug-likeness (QED) is 0.284. The van der Waals surface area contributed by atoms with E-state index in [0.717, 1.165) is 17.7 Å². The van der Waals surface area contributed by atoms with Crippen LogP contribution in [0.15, 0.2) is 44.9 Å². The number of rotatable bonds is 10. The molecule has 2 aromatic carbocycles. The Labute approximate surface area is 220 Å². The summed E-state index contributed by atoms with van der Waals surface area (Å²) in [4.78, 5) is 39.2. The van der Waals surface area contributed by atoms with Gasteiger partial charge in [0.15, 0.2) is 11.5 Å². The van der Waals surface area contributed by atoms with E-state index in [1.807, 2.05) is 13.8 Å². The van der Waals surface area contributed by atoms with E-state index in [4.69, 9.17) is 14.2 Å². The number of imide groups is 2. The minimum absolute atomic E-state index is 0.0448. The Bertz CT molecular complexity index is 1140. The van der Waals surface area contributed by atoms with E-state index >= 15 is 0 Å². The molecule has 2 aromatic rings. The number of amides is 4. The van der Waals surface area contributed by atoms with Crippen molar-refractivity contribution in [2.45, 2.75) is 33.2 Å². The van der Waals surface area contributed by atoms with Crippen molar-refractivity contribution >= 4 is 55.8 Å². The number of ether oxygens (including phenoxy) is 3. The fourth-order valence-electron chi connectivity index (χ4n) is 3.33. The van der Waals surface area contributed by atoms with Crippen molar-refractivity contribution in [2.75, 3.05) is 20.3 Å². The van der Waals surface area contributed by atoms with Gasteiger partial charge in [-0.3, -0.25) is 19.8 Å². The molecule has 1 N–H and O–H groups in total. The van der Waals surface area contributed by atoms with Crippen LogP contribution in [0.1, 0.15) is 37.8 Å². The minimum atomic E-state index is -0.784. The monoisotopic (exact) mass is 608 g/mol. The standard InChI is InChI=1S/C25H26Br2N2O6/c1-4-8-34-20-7-6-15(13-21(20)33-3)14-29-24(31)17(23(30)28-25(29)32)10-16-11-18(26)22(19(27)12-16)35-9-5-2/h6-7,10-13H,4-5,8-9,14H2,1-3H3,(H,28,30,32)/b17-10+. The van der Waals surface area contributed by atoms with Gasteiger partial charge in [-0.2, -0.15) is 0 Å². The molecule has 0 unspecified atom stereocenters. The molecule has 1 aliphatic heterocycles. The summed E-state index contributed by atoms with van der Waals surface area (Å²) < 4.78 is 18.1. The number of barbiturate groups is 1. The summed E-state index contributed by atoms with van der Waals surface area (Å²) in [7, 11) is 1.52. The highest BCUT2D eigenvalue weighted by atomic mass is 79.9. The summed E-state index contributed by atoms with van der Waals surface area (Å²) in [5.41, 5.74) is 1.07. The minimum Gasteiger partial charge on any atom is -0.493 e. The number of hydrogen-bond acceptors (Lipinski definition) is 6. The van der Waals surface area contributed by atoms with E-state index in [-0.39, 0.29) is 12.1 Å². The van der Waals surface area contributed by atoms with Crippen molar-refractivity contribution in [1.29, 1.82) is 0 Å². The molecule has 0 bridgehead atoms. The Morgan fingerprint density at radius 1 is 0.943 bits per heavy atom. The summed E-state index contributed by atoms with van der Waals surface area (Å²) in [5, 5.41) is 2.24. The summed E-state index contributed by atoms with van der Waals surface area (Å²) in [6.45, 7) is 5.05. The molecule has 0 saturated carbocycles. The second-order valence-corrected chi connectivity index (χ2v) is 9.41. The molecule has 0 atom stereocenters. The highest BCUT2D eigenvalue weighted by Gasteiger charge is 2.36. The van der Waals surface area contributed by atoms with Gasteiger partial charge < -0.3 is 14.2 Å². The maximum Gasteiger partial charge on any atom is 0.331 e. The molecule has 0 aromatic heterocycles. The molecule has 4 amide bonds. The average molecular weight is 610 g/mol. The van der Waals surface area contributed by atoms with Gasteiger partial charge in [0.1, 0.15) is 11.3 Å². The summed E-state index contributed by atoms with van der Waals surface area (Å²) in [6.07, 6.45) is 3.14. The first-order valence-electron chi connectivity index (χ1n) is 11.1. The van der Waals surface area contributed by atoms with Gasteiger partial charge in [-0.15, -0.1) is 0 Å². The predicted octanol–water partition coefficient (Wildman–Crippen LogP) is 5.46. The zero-order valence-corrected chi connectivity index (χ0v) is 22.8. The van der Waals surface area contributed by atoms with E-state index < -0.39 is 17.8 Å². The molecule has 10 heteroatoms. The van der Waals surface area contributed by atoms with E-state index in [1.54, 1.807) is 30.3 Å². The number of nitrogens with zero attached hydrogens (tertiary/aromatic N) is 1. The predicted molar refractivity (Wildman–Crippen MR) is 138 cm³/mol. The van der Waals surface area contributed by atoms with E-state index in [0.29, 0.717) is 50.5 Å². The van der Waals surface area contributed by atoms with Crippen LogP contribution in [0, 0.1) is 0 Å². The number of halogens is 2. The lowest BCUT2D eigenvalue weighted by Crippen LogP contribution is -2.53. The van der Waals surface area contributed by atoms with Crippen LogP contribution < -0.4 is 19.5 Å².